The van der Waals surface area contributed by atoms with Crippen molar-refractivity contribution >= 4 is 33.3 Å². The first-order valence-corrected chi connectivity index (χ1v) is 14.6. The number of fused-ring (bicyclic) bond motifs is 6. The summed E-state index contributed by atoms with van der Waals surface area (Å²) in [6, 6.07) is 20.5. The third-order valence-electron chi connectivity index (χ3n) is 9.21. The van der Waals surface area contributed by atoms with Crippen molar-refractivity contribution < 1.29 is 4.74 Å². The number of pyridine rings is 1. The largest absolute Gasteiger partial charge is 0.451 e. The van der Waals surface area contributed by atoms with Gasteiger partial charge in [-0.15, -0.1) is 0 Å². The molecule has 208 valence electrons. The van der Waals surface area contributed by atoms with Gasteiger partial charge in [-0.2, -0.15) is 10.2 Å². The van der Waals surface area contributed by atoms with E-state index in [-0.39, 0.29) is 0 Å². The number of aromatic nitrogens is 5. The molecule has 3 aliphatic rings. The van der Waals surface area contributed by atoms with Gasteiger partial charge in [-0.3, -0.25) is 15.1 Å². The summed E-state index contributed by atoms with van der Waals surface area (Å²) in [4.78, 5) is 10.00. The zero-order chi connectivity index (χ0) is 27.8. The van der Waals surface area contributed by atoms with Crippen LogP contribution in [0.4, 0.5) is 11.5 Å². The molecule has 3 aliphatic heterocycles. The molecule has 6 aromatic rings. The van der Waals surface area contributed by atoms with Gasteiger partial charge in [0.05, 0.1) is 29.1 Å². The Morgan fingerprint density at radius 2 is 1.62 bits per heavy atom. The maximum atomic E-state index is 6.69. The lowest BCUT2D eigenvalue weighted by atomic mass is 9.97. The Morgan fingerprint density at radius 1 is 0.833 bits per heavy atom. The molecule has 0 spiro atoms. The maximum absolute atomic E-state index is 6.69. The summed E-state index contributed by atoms with van der Waals surface area (Å²) in [7, 11) is 0. The van der Waals surface area contributed by atoms with E-state index in [0.717, 1.165) is 93.2 Å². The van der Waals surface area contributed by atoms with Gasteiger partial charge >= 0.3 is 0 Å². The summed E-state index contributed by atoms with van der Waals surface area (Å²) < 4.78 is 6.69. The first-order chi connectivity index (χ1) is 20.7. The van der Waals surface area contributed by atoms with Crippen LogP contribution in [0.5, 0.6) is 11.5 Å². The molecule has 0 unspecified atom stereocenters. The summed E-state index contributed by atoms with van der Waals surface area (Å²) in [6.07, 6.45) is 6.94. The fourth-order valence-electron chi connectivity index (χ4n) is 6.99. The summed E-state index contributed by atoms with van der Waals surface area (Å²) in [5.74, 6) is 2.49. The number of aromatic amines is 2. The first-order valence-electron chi connectivity index (χ1n) is 14.6. The third kappa shape index (κ3) is 3.81. The minimum absolute atomic E-state index is 0.630. The van der Waals surface area contributed by atoms with Crippen LogP contribution in [0, 0.1) is 6.92 Å². The molecule has 3 N–H and O–H groups in total. The summed E-state index contributed by atoms with van der Waals surface area (Å²) in [5, 5.41) is 20.3. The van der Waals surface area contributed by atoms with Crippen LogP contribution in [0.2, 0.25) is 0 Å². The minimum Gasteiger partial charge on any atom is -0.451 e. The lowest BCUT2D eigenvalue weighted by molar-refractivity contribution is 0.231. The fourth-order valence-corrected chi connectivity index (χ4v) is 6.99. The normalized spacial score (nSPS) is 19.4. The van der Waals surface area contributed by atoms with Crippen LogP contribution in [0.15, 0.2) is 73.2 Å². The molecule has 2 fully saturated rings. The number of H-pyrrole nitrogens is 2. The molecule has 2 atom stereocenters. The molecule has 3 aromatic carbocycles. The van der Waals surface area contributed by atoms with Gasteiger partial charge in [-0.05, 0) is 78.1 Å². The standard InChI is InChI=1S/C33H30N8O/c1-19-8-30-31(13-27(19)21-3-5-29-24(10-21)16-37-39-29)42-32-11-22(20-2-4-28-23(9-20)15-36-38-28)14-35-33(32)41(30)7-6-40-18-25-12-26(40)17-34-25/h2-5,8-11,13-16,25-26,34H,6-7,12,17-18H2,1H3,(H,36,38)(H,37,39)/t25-,26-/m0/s1. The van der Waals surface area contributed by atoms with E-state index in [1.54, 1.807) is 0 Å². The van der Waals surface area contributed by atoms with Crippen LogP contribution >= 0.6 is 0 Å². The van der Waals surface area contributed by atoms with Crippen molar-refractivity contribution in [3.05, 3.63) is 78.8 Å². The van der Waals surface area contributed by atoms with Crippen molar-refractivity contribution in [2.24, 2.45) is 0 Å². The highest BCUT2D eigenvalue weighted by atomic mass is 16.5. The summed E-state index contributed by atoms with van der Waals surface area (Å²) in [5.41, 5.74) is 8.70. The van der Waals surface area contributed by atoms with Crippen LogP contribution < -0.4 is 15.0 Å². The quantitative estimate of drug-likeness (QED) is 0.249. The van der Waals surface area contributed by atoms with Gasteiger partial charge in [0, 0.05) is 60.8 Å². The average Bonchev–Trinajstić information content (AvgIpc) is 3.83. The molecule has 2 bridgehead atoms. The number of likely N-dealkylation sites (tertiary alicyclic amines) is 1. The van der Waals surface area contributed by atoms with Gasteiger partial charge in [0.25, 0.3) is 0 Å². The number of benzene rings is 3. The Kier molecular flexibility index (Phi) is 5.20. The summed E-state index contributed by atoms with van der Waals surface area (Å²) in [6.45, 7) is 6.22. The fraction of sp³-hybridized carbons (Fsp3) is 0.242. The van der Waals surface area contributed by atoms with E-state index in [2.05, 4.69) is 97.0 Å². The van der Waals surface area contributed by atoms with Gasteiger partial charge in [0.2, 0.25) is 0 Å². The highest BCUT2D eigenvalue weighted by molar-refractivity contribution is 5.88. The van der Waals surface area contributed by atoms with Crippen molar-refractivity contribution in [3.63, 3.8) is 0 Å². The molecule has 0 saturated carbocycles. The number of rotatable bonds is 5. The van der Waals surface area contributed by atoms with Crippen molar-refractivity contribution in [1.29, 1.82) is 0 Å². The molecule has 0 amide bonds. The lowest BCUT2D eigenvalue weighted by Crippen LogP contribution is -2.46. The Morgan fingerprint density at radius 3 is 2.38 bits per heavy atom. The summed E-state index contributed by atoms with van der Waals surface area (Å²) >= 11 is 0. The van der Waals surface area contributed by atoms with E-state index < -0.39 is 0 Å². The van der Waals surface area contributed by atoms with Gasteiger partial charge < -0.3 is 15.0 Å². The van der Waals surface area contributed by atoms with Gasteiger partial charge in [0.1, 0.15) is 0 Å². The SMILES string of the molecule is Cc1cc2c(cc1-c1ccc3[nH]ncc3c1)Oc1cc(-c3ccc4[nH]ncc4c3)cnc1N2CCN1C[C@@H]2C[C@H]1CN2. The predicted octanol–water partition coefficient (Wildman–Crippen LogP) is 5.77. The molecular weight excluding hydrogens is 524 g/mol. The number of anilines is 2. The average molecular weight is 555 g/mol. The number of ether oxygens (including phenoxy) is 1. The Balaban J connectivity index is 1.12. The van der Waals surface area contributed by atoms with Crippen LogP contribution in [0.25, 0.3) is 44.1 Å². The molecule has 3 aromatic heterocycles. The zero-order valence-electron chi connectivity index (χ0n) is 23.3. The number of aryl methyl sites for hydroxylation is 1. The molecule has 9 heteroatoms. The van der Waals surface area contributed by atoms with Crippen LogP contribution in [-0.2, 0) is 0 Å². The lowest BCUT2D eigenvalue weighted by Gasteiger charge is -2.35. The van der Waals surface area contributed by atoms with E-state index in [1.807, 2.05) is 18.6 Å². The first kappa shape index (κ1) is 23.9. The minimum atomic E-state index is 0.630. The van der Waals surface area contributed by atoms with Crippen LogP contribution in [0.3, 0.4) is 0 Å². The Hall–Kier alpha value is -4.73. The number of nitrogens with one attached hydrogen (secondary N) is 3. The van der Waals surface area contributed by atoms with Gasteiger partial charge in [-0.25, -0.2) is 4.98 Å². The third-order valence-corrected chi connectivity index (χ3v) is 9.21. The Bertz CT molecular complexity index is 1990. The molecule has 2 saturated heterocycles. The van der Waals surface area contributed by atoms with E-state index >= 15 is 0 Å². The Labute approximate surface area is 242 Å². The van der Waals surface area contributed by atoms with Gasteiger partial charge in [0.15, 0.2) is 17.3 Å². The monoisotopic (exact) mass is 554 g/mol. The topological polar surface area (TPSA) is 98.0 Å². The molecule has 6 heterocycles. The molecule has 0 radical (unpaired) electrons. The number of hydrogen-bond acceptors (Lipinski definition) is 7. The van der Waals surface area contributed by atoms with E-state index in [1.165, 1.54) is 12.0 Å². The van der Waals surface area contributed by atoms with Crippen molar-refractivity contribution in [2.75, 3.05) is 31.1 Å². The smallest absolute Gasteiger partial charge is 0.176 e. The number of nitrogens with zero attached hydrogens (tertiary/aromatic N) is 5. The molecule has 42 heavy (non-hydrogen) atoms. The van der Waals surface area contributed by atoms with Crippen molar-refractivity contribution in [3.8, 4) is 33.8 Å². The van der Waals surface area contributed by atoms with E-state index in [9.17, 15) is 0 Å². The molecule has 9 rings (SSSR count). The molecule has 9 nitrogen and oxygen atoms in total. The number of hydrogen-bond donors (Lipinski definition) is 3. The highest BCUT2D eigenvalue weighted by Gasteiger charge is 2.38. The predicted molar refractivity (Wildman–Crippen MR) is 164 cm³/mol. The van der Waals surface area contributed by atoms with Gasteiger partial charge in [-0.1, -0.05) is 12.1 Å². The maximum Gasteiger partial charge on any atom is 0.176 e. The van der Waals surface area contributed by atoms with E-state index in [0.29, 0.717) is 12.1 Å². The van der Waals surface area contributed by atoms with Crippen molar-refractivity contribution in [1.82, 2.24) is 35.6 Å². The second-order valence-electron chi connectivity index (χ2n) is 11.8. The zero-order valence-corrected chi connectivity index (χ0v) is 23.3. The van der Waals surface area contributed by atoms with Crippen LogP contribution in [0.1, 0.15) is 12.0 Å². The van der Waals surface area contributed by atoms with Crippen LogP contribution in [-0.4, -0.2) is 68.5 Å². The highest BCUT2D eigenvalue weighted by Crippen LogP contribution is 2.49. The second-order valence-corrected chi connectivity index (χ2v) is 11.8. The van der Waals surface area contributed by atoms with Crippen molar-refractivity contribution in [2.45, 2.75) is 25.4 Å². The number of piperazine rings is 1. The van der Waals surface area contributed by atoms with E-state index in [4.69, 9.17) is 9.72 Å². The molecule has 0 aliphatic carbocycles. The second kappa shape index (κ2) is 9.14. The molecular formula is C33H30N8O.